The van der Waals surface area contributed by atoms with E-state index in [0.29, 0.717) is 5.02 Å². The topological polar surface area (TPSA) is 106 Å². The molecule has 0 aromatic heterocycles. The standard InChI is InChI=1S/C18H19ClN4O2/c1-4-24-18(25-5-2)17(11-21)15(3,12-7-6-8-13(19)9-12)16(17,10-20)14(22)23-18/h6-9H,4-5H2,1-3H3,(H2,22,23)/p+1/t15-,16+,17-/m1/s1. The predicted octanol–water partition coefficient (Wildman–Crippen LogP) is 0.809. The number of ether oxygens (including phenoxy) is 2. The van der Waals surface area contributed by atoms with E-state index in [4.69, 9.17) is 26.8 Å². The molecule has 3 N–H and O–H groups in total. The normalized spacial score (nSPS) is 34.6. The van der Waals surface area contributed by atoms with Gasteiger partial charge >= 0.3 is 5.91 Å². The molecule has 0 saturated heterocycles. The van der Waals surface area contributed by atoms with Gasteiger partial charge in [-0.05, 0) is 31.5 Å². The highest BCUT2D eigenvalue weighted by Gasteiger charge is 3.03. The van der Waals surface area contributed by atoms with E-state index in [1.54, 1.807) is 32.0 Å². The van der Waals surface area contributed by atoms with Crippen molar-refractivity contribution in [1.82, 2.24) is 0 Å². The lowest BCUT2D eigenvalue weighted by molar-refractivity contribution is -0.694. The number of rotatable bonds is 5. The predicted molar refractivity (Wildman–Crippen MR) is 91.0 cm³/mol. The third kappa shape index (κ3) is 1.63. The lowest BCUT2D eigenvalue weighted by atomic mass is 9.84. The van der Waals surface area contributed by atoms with Crippen LogP contribution < -0.4 is 10.7 Å². The SMILES string of the molecule is CCOC1(OCC)[NH+]=C(N)[C@@]2(C#N)[C@@](C)(c3cccc(Cl)c3)[C@@]12C#N. The minimum atomic E-state index is -1.50. The number of halogens is 1. The van der Waals surface area contributed by atoms with Crippen molar-refractivity contribution in [3.8, 4) is 12.1 Å². The summed E-state index contributed by atoms with van der Waals surface area (Å²) in [7, 11) is 0. The van der Waals surface area contributed by atoms with Gasteiger partial charge in [-0.15, -0.1) is 0 Å². The van der Waals surface area contributed by atoms with Gasteiger partial charge in [0.1, 0.15) is 0 Å². The van der Waals surface area contributed by atoms with E-state index in [0.717, 1.165) is 5.56 Å². The van der Waals surface area contributed by atoms with E-state index < -0.39 is 22.2 Å². The average molecular weight is 360 g/mol. The number of fused-ring (bicyclic) bond motifs is 1. The largest absolute Gasteiger partial charge is 0.343 e. The summed E-state index contributed by atoms with van der Waals surface area (Å²) < 4.78 is 11.8. The number of nitrogens with two attached hydrogens (primary N) is 1. The van der Waals surface area contributed by atoms with Gasteiger partial charge in [0.25, 0.3) is 5.84 Å². The fourth-order valence-corrected chi connectivity index (χ4v) is 4.82. The smallest absolute Gasteiger partial charge is 0.314 e. The van der Waals surface area contributed by atoms with Gasteiger partial charge < -0.3 is 9.47 Å². The molecule has 1 aromatic carbocycles. The molecule has 3 rings (SSSR count). The number of benzene rings is 1. The zero-order chi connectivity index (χ0) is 18.5. The highest BCUT2D eigenvalue weighted by molar-refractivity contribution is 6.30. The Labute approximate surface area is 151 Å². The second-order valence-electron chi connectivity index (χ2n) is 6.38. The molecule has 1 fully saturated rings. The Balaban J connectivity index is 2.32. The Morgan fingerprint density at radius 2 is 1.84 bits per heavy atom. The first-order chi connectivity index (χ1) is 11.9. The average Bonchev–Trinajstić information content (AvgIpc) is 3.01. The third-order valence-electron chi connectivity index (χ3n) is 5.63. The van der Waals surface area contributed by atoms with Gasteiger partial charge in [-0.1, -0.05) is 30.7 Å². The number of nitrogens with one attached hydrogen (secondary N) is 1. The van der Waals surface area contributed by atoms with Crippen LogP contribution in [-0.2, 0) is 14.9 Å². The quantitative estimate of drug-likeness (QED) is 0.757. The Hall–Kier alpha value is -2.12. The van der Waals surface area contributed by atoms with Gasteiger partial charge in [0.05, 0.1) is 30.8 Å². The molecule has 0 unspecified atom stereocenters. The van der Waals surface area contributed by atoms with Crippen LogP contribution in [0, 0.1) is 33.5 Å². The fourth-order valence-electron chi connectivity index (χ4n) is 4.63. The summed E-state index contributed by atoms with van der Waals surface area (Å²) in [6, 6.07) is 11.8. The number of nitriles is 2. The summed E-state index contributed by atoms with van der Waals surface area (Å²) in [5, 5.41) is 20.8. The Morgan fingerprint density at radius 3 is 2.32 bits per heavy atom. The van der Waals surface area contributed by atoms with E-state index in [9.17, 15) is 10.5 Å². The highest BCUT2D eigenvalue weighted by atomic mass is 35.5. The van der Waals surface area contributed by atoms with Crippen LogP contribution in [0.25, 0.3) is 0 Å². The maximum Gasteiger partial charge on any atom is 0.343 e. The molecular formula is C18H20ClN4O2+. The van der Waals surface area contributed by atoms with Crippen molar-refractivity contribution in [3.63, 3.8) is 0 Å². The lowest BCUT2D eigenvalue weighted by Crippen LogP contribution is -2.91. The monoisotopic (exact) mass is 359 g/mol. The maximum atomic E-state index is 10.2. The van der Waals surface area contributed by atoms with Gasteiger partial charge in [-0.25, -0.2) is 4.99 Å². The molecule has 7 heteroatoms. The van der Waals surface area contributed by atoms with Gasteiger partial charge in [0.2, 0.25) is 0 Å². The van der Waals surface area contributed by atoms with Crippen LogP contribution in [-0.4, -0.2) is 25.0 Å². The lowest BCUT2D eigenvalue weighted by Gasteiger charge is -2.32. The van der Waals surface area contributed by atoms with Crippen molar-refractivity contribution in [2.45, 2.75) is 32.1 Å². The van der Waals surface area contributed by atoms with Crippen molar-refractivity contribution in [2.75, 3.05) is 13.2 Å². The van der Waals surface area contributed by atoms with Gasteiger partial charge in [0.15, 0.2) is 10.8 Å². The molecule has 6 nitrogen and oxygen atoms in total. The Morgan fingerprint density at radius 1 is 1.20 bits per heavy atom. The van der Waals surface area contributed by atoms with E-state index in [1.807, 2.05) is 13.0 Å². The number of hydrogen-bond acceptors (Lipinski definition) is 5. The van der Waals surface area contributed by atoms with Crippen molar-refractivity contribution < 1.29 is 14.5 Å². The van der Waals surface area contributed by atoms with Gasteiger partial charge in [-0.3, -0.25) is 5.73 Å². The van der Waals surface area contributed by atoms with Crippen molar-refractivity contribution in [2.24, 2.45) is 16.6 Å². The summed E-state index contributed by atoms with van der Waals surface area (Å²) in [5.41, 5.74) is 3.43. The first-order valence-electron chi connectivity index (χ1n) is 8.15. The second-order valence-corrected chi connectivity index (χ2v) is 6.82. The molecule has 3 atom stereocenters. The molecule has 1 heterocycles. The summed E-state index contributed by atoms with van der Waals surface area (Å²) in [5.74, 6) is -1.32. The summed E-state index contributed by atoms with van der Waals surface area (Å²) >= 11 is 6.16. The third-order valence-corrected chi connectivity index (χ3v) is 5.86. The van der Waals surface area contributed by atoms with Crippen molar-refractivity contribution >= 4 is 17.4 Å². The molecule has 2 aliphatic rings. The van der Waals surface area contributed by atoms with Crippen LogP contribution in [0.3, 0.4) is 0 Å². The molecule has 0 spiro atoms. The molecule has 1 aromatic rings. The number of hydrogen-bond donors (Lipinski definition) is 2. The van der Waals surface area contributed by atoms with E-state index in [2.05, 4.69) is 17.1 Å². The van der Waals surface area contributed by atoms with E-state index in [-0.39, 0.29) is 19.0 Å². The Kier molecular flexibility index (Phi) is 3.85. The van der Waals surface area contributed by atoms with Crippen LogP contribution in [0.2, 0.25) is 5.02 Å². The summed E-state index contributed by atoms with van der Waals surface area (Å²) in [4.78, 5) is 2.96. The van der Waals surface area contributed by atoms with E-state index >= 15 is 0 Å². The van der Waals surface area contributed by atoms with Crippen LogP contribution in [0.15, 0.2) is 24.3 Å². The molecule has 0 amide bonds. The molecular weight excluding hydrogens is 340 g/mol. The molecule has 130 valence electrons. The minimum absolute atomic E-state index is 0.181. The molecule has 0 bridgehead atoms. The van der Waals surface area contributed by atoms with Crippen LogP contribution in [0.1, 0.15) is 26.3 Å². The zero-order valence-corrected chi connectivity index (χ0v) is 15.1. The molecule has 1 aliphatic heterocycles. The summed E-state index contributed by atoms with van der Waals surface area (Å²) in [6.45, 7) is 6.02. The molecule has 1 aliphatic carbocycles. The first-order valence-corrected chi connectivity index (χ1v) is 8.52. The zero-order valence-electron chi connectivity index (χ0n) is 14.4. The van der Waals surface area contributed by atoms with Gasteiger partial charge in [-0.2, -0.15) is 10.5 Å². The van der Waals surface area contributed by atoms with E-state index in [1.165, 1.54) is 0 Å². The molecule has 25 heavy (non-hydrogen) atoms. The second kappa shape index (κ2) is 5.44. The highest BCUT2D eigenvalue weighted by Crippen LogP contribution is 2.82. The van der Waals surface area contributed by atoms with Crippen molar-refractivity contribution in [3.05, 3.63) is 34.9 Å². The number of nitrogens with zero attached hydrogens (tertiary/aromatic N) is 2. The fraction of sp³-hybridized carbons (Fsp3) is 0.500. The van der Waals surface area contributed by atoms with Gasteiger partial charge in [0, 0.05) is 5.02 Å². The van der Waals surface area contributed by atoms with Crippen LogP contribution >= 0.6 is 11.6 Å². The van der Waals surface area contributed by atoms with Crippen molar-refractivity contribution in [1.29, 1.82) is 10.5 Å². The Bertz CT molecular complexity index is 836. The maximum absolute atomic E-state index is 10.2. The molecule has 0 radical (unpaired) electrons. The van der Waals surface area contributed by atoms with Crippen LogP contribution in [0.4, 0.5) is 0 Å². The first kappa shape index (κ1) is 17.7. The minimum Gasteiger partial charge on any atom is -0.314 e. The number of amidine groups is 1. The molecule has 1 saturated carbocycles. The van der Waals surface area contributed by atoms with Crippen LogP contribution in [0.5, 0.6) is 0 Å². The summed E-state index contributed by atoms with van der Waals surface area (Å²) in [6.07, 6.45) is 0.